The fourth-order valence-corrected chi connectivity index (χ4v) is 1.49. The molecule has 1 N–H and O–H groups in total. The Morgan fingerprint density at radius 3 is 2.43 bits per heavy atom. The first-order valence-corrected chi connectivity index (χ1v) is 5.66. The highest BCUT2D eigenvalue weighted by Gasteiger charge is 2.08. The number of carboxylic acids is 1. The molecule has 0 aromatic carbocycles. The van der Waals surface area contributed by atoms with Crippen LogP contribution in [0.1, 0.15) is 16.2 Å². The van der Waals surface area contributed by atoms with Gasteiger partial charge in [-0.15, -0.1) is 0 Å². The van der Waals surface area contributed by atoms with Crippen LogP contribution in [0.25, 0.3) is 0 Å². The number of rotatable bonds is 3. The monoisotopic (exact) mass is 216 g/mol. The lowest BCUT2D eigenvalue weighted by Crippen LogP contribution is -2.06. The molecule has 0 saturated carbocycles. The molecule has 1 aromatic heterocycles. The standard InChI is InChI=1S/C7H8N2O4S/c1-14(12,13)4-5-2-9-6(3-8-5)7(10)11/h2-3H,4H2,1H3,(H,10,11). The topological polar surface area (TPSA) is 97.2 Å². The summed E-state index contributed by atoms with van der Waals surface area (Å²) in [7, 11) is -3.16. The molecule has 7 heteroatoms. The molecule has 14 heavy (non-hydrogen) atoms. The molecule has 0 spiro atoms. The van der Waals surface area contributed by atoms with E-state index in [1.165, 1.54) is 0 Å². The molecular formula is C7H8N2O4S. The van der Waals surface area contributed by atoms with E-state index in [1.807, 2.05) is 0 Å². The quantitative estimate of drug-likeness (QED) is 0.746. The highest BCUT2D eigenvalue weighted by atomic mass is 32.2. The van der Waals surface area contributed by atoms with Crippen LogP contribution < -0.4 is 0 Å². The van der Waals surface area contributed by atoms with Gasteiger partial charge in [0.2, 0.25) is 0 Å². The molecule has 0 fully saturated rings. The van der Waals surface area contributed by atoms with Gasteiger partial charge in [-0.25, -0.2) is 18.2 Å². The van der Waals surface area contributed by atoms with Crippen molar-refractivity contribution in [3.63, 3.8) is 0 Å². The Kier molecular flexibility index (Phi) is 2.80. The average Bonchev–Trinajstić information content (AvgIpc) is 2.02. The van der Waals surface area contributed by atoms with Crippen LogP contribution in [0, 0.1) is 0 Å². The summed E-state index contributed by atoms with van der Waals surface area (Å²) in [5.41, 5.74) is 0.0275. The molecule has 0 aliphatic rings. The lowest BCUT2D eigenvalue weighted by molar-refractivity contribution is 0.0690. The van der Waals surface area contributed by atoms with E-state index in [-0.39, 0.29) is 17.1 Å². The molecule has 0 amide bonds. The van der Waals surface area contributed by atoms with Crippen molar-refractivity contribution in [3.8, 4) is 0 Å². The van der Waals surface area contributed by atoms with Crippen molar-refractivity contribution in [3.05, 3.63) is 23.8 Å². The molecular weight excluding hydrogens is 208 g/mol. The Bertz CT molecular complexity index is 437. The number of aromatic carboxylic acids is 1. The number of hydrogen-bond donors (Lipinski definition) is 1. The van der Waals surface area contributed by atoms with Crippen LogP contribution in [0.5, 0.6) is 0 Å². The number of carboxylic acid groups (broad SMARTS) is 1. The molecule has 0 bridgehead atoms. The van der Waals surface area contributed by atoms with Crippen molar-refractivity contribution in [1.82, 2.24) is 9.97 Å². The van der Waals surface area contributed by atoms with E-state index in [1.54, 1.807) is 0 Å². The van der Waals surface area contributed by atoms with Crippen molar-refractivity contribution in [1.29, 1.82) is 0 Å². The SMILES string of the molecule is CS(=O)(=O)Cc1cnc(C(=O)O)cn1. The van der Waals surface area contributed by atoms with E-state index in [0.29, 0.717) is 0 Å². The minimum absolute atomic E-state index is 0.206. The highest BCUT2D eigenvalue weighted by molar-refractivity contribution is 7.89. The predicted molar refractivity (Wildman–Crippen MR) is 47.5 cm³/mol. The van der Waals surface area contributed by atoms with Gasteiger partial charge in [0.15, 0.2) is 15.5 Å². The van der Waals surface area contributed by atoms with Gasteiger partial charge in [-0.2, -0.15) is 0 Å². The molecule has 0 saturated heterocycles. The normalized spacial score (nSPS) is 11.2. The second-order valence-electron chi connectivity index (χ2n) is 2.77. The largest absolute Gasteiger partial charge is 0.476 e. The van der Waals surface area contributed by atoms with Gasteiger partial charge in [0.1, 0.15) is 0 Å². The van der Waals surface area contributed by atoms with E-state index < -0.39 is 15.8 Å². The Balaban J connectivity index is 2.90. The third kappa shape index (κ3) is 3.09. The van der Waals surface area contributed by atoms with Gasteiger partial charge in [-0.05, 0) is 0 Å². The second kappa shape index (κ2) is 3.70. The minimum atomic E-state index is -3.16. The lowest BCUT2D eigenvalue weighted by atomic mass is 10.4. The summed E-state index contributed by atoms with van der Waals surface area (Å²) in [5, 5.41) is 8.49. The maximum absolute atomic E-state index is 10.8. The zero-order chi connectivity index (χ0) is 10.8. The first kappa shape index (κ1) is 10.6. The summed E-state index contributed by atoms with van der Waals surface area (Å²) in [6.07, 6.45) is 3.24. The van der Waals surface area contributed by atoms with Crippen molar-refractivity contribution < 1.29 is 18.3 Å². The first-order valence-electron chi connectivity index (χ1n) is 3.60. The van der Waals surface area contributed by atoms with Gasteiger partial charge in [0.05, 0.1) is 23.8 Å². The number of hydrogen-bond acceptors (Lipinski definition) is 5. The van der Waals surface area contributed by atoms with Crippen molar-refractivity contribution in [2.75, 3.05) is 6.26 Å². The third-order valence-electron chi connectivity index (χ3n) is 1.33. The van der Waals surface area contributed by atoms with Gasteiger partial charge in [0, 0.05) is 6.26 Å². The van der Waals surface area contributed by atoms with Crippen molar-refractivity contribution in [2.24, 2.45) is 0 Å². The van der Waals surface area contributed by atoms with E-state index in [0.717, 1.165) is 18.6 Å². The molecule has 0 unspecified atom stereocenters. The minimum Gasteiger partial charge on any atom is -0.476 e. The molecule has 0 aliphatic heterocycles. The summed E-state index contributed by atoms with van der Waals surface area (Å²) in [6, 6.07) is 0. The molecule has 1 rings (SSSR count). The molecule has 0 atom stereocenters. The van der Waals surface area contributed by atoms with Crippen LogP contribution in [0.2, 0.25) is 0 Å². The van der Waals surface area contributed by atoms with Crippen LogP contribution in [0.4, 0.5) is 0 Å². The Morgan fingerprint density at radius 1 is 1.43 bits per heavy atom. The number of sulfone groups is 1. The van der Waals surface area contributed by atoms with Crippen LogP contribution in [0.15, 0.2) is 12.4 Å². The lowest BCUT2D eigenvalue weighted by Gasteiger charge is -1.97. The third-order valence-corrected chi connectivity index (χ3v) is 2.15. The maximum Gasteiger partial charge on any atom is 0.356 e. The molecule has 6 nitrogen and oxygen atoms in total. The summed E-state index contributed by atoms with van der Waals surface area (Å²) >= 11 is 0. The predicted octanol–water partition coefficient (Wildman–Crippen LogP) is -0.281. The van der Waals surface area contributed by atoms with Crippen LogP contribution in [0.3, 0.4) is 0 Å². The molecule has 76 valence electrons. The van der Waals surface area contributed by atoms with Gasteiger partial charge in [-0.3, -0.25) is 4.98 Å². The maximum atomic E-state index is 10.8. The van der Waals surface area contributed by atoms with E-state index in [9.17, 15) is 13.2 Å². The first-order chi connectivity index (χ1) is 6.38. The van der Waals surface area contributed by atoms with Crippen LogP contribution in [-0.2, 0) is 15.6 Å². The van der Waals surface area contributed by atoms with E-state index in [4.69, 9.17) is 5.11 Å². The number of aromatic nitrogens is 2. The molecule has 0 radical (unpaired) electrons. The fourth-order valence-electron chi connectivity index (χ4n) is 0.808. The Morgan fingerprint density at radius 2 is 2.07 bits per heavy atom. The highest BCUT2D eigenvalue weighted by Crippen LogP contribution is 2.00. The molecule has 1 heterocycles. The van der Waals surface area contributed by atoms with Gasteiger partial charge >= 0.3 is 5.97 Å². The van der Waals surface area contributed by atoms with E-state index in [2.05, 4.69) is 9.97 Å². The van der Waals surface area contributed by atoms with E-state index >= 15 is 0 Å². The Hall–Kier alpha value is -1.50. The van der Waals surface area contributed by atoms with Crippen LogP contribution in [-0.4, -0.2) is 35.7 Å². The zero-order valence-electron chi connectivity index (χ0n) is 7.34. The molecule has 0 aliphatic carbocycles. The average molecular weight is 216 g/mol. The van der Waals surface area contributed by atoms with Crippen LogP contribution >= 0.6 is 0 Å². The van der Waals surface area contributed by atoms with Gasteiger partial charge < -0.3 is 5.11 Å². The summed E-state index contributed by atoms with van der Waals surface area (Å²) in [6.45, 7) is 0. The Labute approximate surface area is 80.5 Å². The summed E-state index contributed by atoms with van der Waals surface area (Å²) < 4.78 is 21.7. The second-order valence-corrected chi connectivity index (χ2v) is 4.91. The van der Waals surface area contributed by atoms with Crippen molar-refractivity contribution in [2.45, 2.75) is 5.75 Å². The van der Waals surface area contributed by atoms with Gasteiger partial charge in [-0.1, -0.05) is 0 Å². The van der Waals surface area contributed by atoms with Gasteiger partial charge in [0.25, 0.3) is 0 Å². The van der Waals surface area contributed by atoms with Crippen molar-refractivity contribution >= 4 is 15.8 Å². The summed E-state index contributed by atoms with van der Waals surface area (Å²) in [5.74, 6) is -1.43. The molecule has 1 aromatic rings. The fraction of sp³-hybridized carbons (Fsp3) is 0.286. The number of nitrogens with zero attached hydrogens (tertiary/aromatic N) is 2. The smallest absolute Gasteiger partial charge is 0.356 e. The summed E-state index contributed by atoms with van der Waals surface area (Å²) in [4.78, 5) is 17.6. The number of carbonyl (C=O) groups is 1. The zero-order valence-corrected chi connectivity index (χ0v) is 8.15.